The number of nitrogens with zero attached hydrogens (tertiary/aromatic N) is 2. The van der Waals surface area contributed by atoms with Gasteiger partial charge in [0.15, 0.2) is 0 Å². The second kappa shape index (κ2) is 7.19. The second-order valence-electron chi connectivity index (χ2n) is 6.69. The van der Waals surface area contributed by atoms with Gasteiger partial charge in [0.05, 0.1) is 4.90 Å². The quantitative estimate of drug-likeness (QED) is 0.891. The van der Waals surface area contributed by atoms with Gasteiger partial charge in [0.1, 0.15) is 0 Å². The molecule has 0 spiro atoms. The summed E-state index contributed by atoms with van der Waals surface area (Å²) in [7, 11) is -3.32. The van der Waals surface area contributed by atoms with Crippen molar-refractivity contribution in [3.8, 4) is 0 Å². The van der Waals surface area contributed by atoms with E-state index in [0.717, 1.165) is 42.5 Å². The van der Waals surface area contributed by atoms with E-state index in [0.29, 0.717) is 23.9 Å². The molecule has 1 aromatic rings. The number of hydrogen-bond acceptors (Lipinski definition) is 5. The summed E-state index contributed by atoms with van der Waals surface area (Å²) in [5.41, 5.74) is 0. The molecule has 2 saturated heterocycles. The Morgan fingerprint density at radius 1 is 1.26 bits per heavy atom. The molecule has 3 rings (SSSR count). The van der Waals surface area contributed by atoms with Crippen molar-refractivity contribution in [1.29, 1.82) is 0 Å². The first-order chi connectivity index (χ1) is 11.0. The molecule has 1 aromatic heterocycles. The van der Waals surface area contributed by atoms with Gasteiger partial charge in [-0.05, 0) is 51.8 Å². The summed E-state index contributed by atoms with van der Waals surface area (Å²) < 4.78 is 27.3. The molecule has 2 fully saturated rings. The molecule has 0 bridgehead atoms. The number of nitrogens with one attached hydrogen (secondary N) is 1. The summed E-state index contributed by atoms with van der Waals surface area (Å²) in [5.74, 6) is 0.716. The van der Waals surface area contributed by atoms with E-state index in [1.165, 1.54) is 12.8 Å². The van der Waals surface area contributed by atoms with E-state index in [2.05, 4.69) is 10.2 Å². The molecule has 7 heteroatoms. The van der Waals surface area contributed by atoms with Gasteiger partial charge in [0.2, 0.25) is 10.0 Å². The molecular weight excluding hydrogens is 330 g/mol. The van der Waals surface area contributed by atoms with Crippen LogP contribution in [-0.2, 0) is 10.0 Å². The van der Waals surface area contributed by atoms with Crippen molar-refractivity contribution in [2.24, 2.45) is 5.92 Å². The molecule has 3 heterocycles. The first-order valence-corrected chi connectivity index (χ1v) is 10.7. The van der Waals surface area contributed by atoms with Crippen LogP contribution in [0.5, 0.6) is 0 Å². The first-order valence-electron chi connectivity index (χ1n) is 8.47. The maximum absolute atomic E-state index is 12.8. The number of thiophene rings is 1. The normalized spacial score (nSPS) is 24.9. The van der Waals surface area contributed by atoms with Crippen molar-refractivity contribution in [3.63, 3.8) is 0 Å². The molecule has 5 nitrogen and oxygen atoms in total. The zero-order chi connectivity index (χ0) is 16.4. The maximum atomic E-state index is 12.8. The molecule has 1 N–H and O–H groups in total. The molecule has 0 amide bonds. The maximum Gasteiger partial charge on any atom is 0.244 e. The van der Waals surface area contributed by atoms with Gasteiger partial charge in [-0.3, -0.25) is 0 Å². The van der Waals surface area contributed by atoms with Crippen LogP contribution in [0.2, 0.25) is 0 Å². The molecular formula is C16H27N3O2S2. The zero-order valence-electron chi connectivity index (χ0n) is 14.0. The lowest BCUT2D eigenvalue weighted by Crippen LogP contribution is -2.50. The van der Waals surface area contributed by atoms with Gasteiger partial charge in [-0.2, -0.15) is 4.31 Å². The van der Waals surface area contributed by atoms with Crippen LogP contribution in [0.3, 0.4) is 0 Å². The molecule has 130 valence electrons. The van der Waals surface area contributed by atoms with Gasteiger partial charge >= 0.3 is 0 Å². The Labute approximate surface area is 143 Å². The Morgan fingerprint density at radius 3 is 2.57 bits per heavy atom. The lowest BCUT2D eigenvalue weighted by atomic mass is 9.99. The van der Waals surface area contributed by atoms with Crippen molar-refractivity contribution < 1.29 is 8.42 Å². The minimum absolute atomic E-state index is 0.505. The molecule has 23 heavy (non-hydrogen) atoms. The largest absolute Gasteiger partial charge is 0.316 e. The Kier molecular flexibility index (Phi) is 5.42. The van der Waals surface area contributed by atoms with Crippen molar-refractivity contribution in [3.05, 3.63) is 15.8 Å². The van der Waals surface area contributed by atoms with Gasteiger partial charge in [-0.15, -0.1) is 11.3 Å². The molecule has 0 radical (unpaired) electrons. The summed E-state index contributed by atoms with van der Waals surface area (Å²) >= 11 is 1.56. The lowest BCUT2D eigenvalue weighted by molar-refractivity contribution is 0.154. The third-order valence-electron chi connectivity index (χ3n) is 4.86. The predicted octanol–water partition coefficient (Wildman–Crippen LogP) is 1.67. The Bertz CT molecular complexity index is 628. The smallest absolute Gasteiger partial charge is 0.244 e. The molecule has 1 atom stereocenters. The number of sulfonamides is 1. The van der Waals surface area contributed by atoms with E-state index in [4.69, 9.17) is 0 Å². The number of piperazine rings is 1. The fourth-order valence-electron chi connectivity index (χ4n) is 3.60. The molecule has 0 aliphatic carbocycles. The monoisotopic (exact) mass is 357 g/mol. The van der Waals surface area contributed by atoms with Crippen LogP contribution < -0.4 is 5.32 Å². The molecule has 0 aromatic carbocycles. The number of piperidine rings is 1. The fourth-order valence-corrected chi connectivity index (χ4v) is 6.55. The third kappa shape index (κ3) is 3.96. The summed E-state index contributed by atoms with van der Waals surface area (Å²) in [6.45, 7) is 10.1. The van der Waals surface area contributed by atoms with Gasteiger partial charge in [-0.25, -0.2) is 8.42 Å². The highest BCUT2D eigenvalue weighted by atomic mass is 32.2. The highest BCUT2D eigenvalue weighted by molar-refractivity contribution is 7.89. The van der Waals surface area contributed by atoms with Gasteiger partial charge in [-0.1, -0.05) is 0 Å². The second-order valence-corrected chi connectivity index (χ2v) is 10.1. The van der Waals surface area contributed by atoms with E-state index < -0.39 is 10.0 Å². The minimum atomic E-state index is -3.32. The van der Waals surface area contributed by atoms with Gasteiger partial charge < -0.3 is 10.2 Å². The summed E-state index contributed by atoms with van der Waals surface area (Å²) in [5, 5.41) is 3.46. The van der Waals surface area contributed by atoms with E-state index in [1.54, 1.807) is 15.6 Å². The molecule has 0 saturated carbocycles. The van der Waals surface area contributed by atoms with Crippen molar-refractivity contribution in [2.45, 2.75) is 31.6 Å². The Morgan fingerprint density at radius 2 is 2.00 bits per heavy atom. The molecule has 2 aliphatic heterocycles. The highest BCUT2D eigenvalue weighted by Gasteiger charge is 2.31. The van der Waals surface area contributed by atoms with Crippen LogP contribution in [0.1, 0.15) is 22.6 Å². The summed E-state index contributed by atoms with van der Waals surface area (Å²) in [4.78, 5) is 4.89. The lowest BCUT2D eigenvalue weighted by Gasteiger charge is -2.36. The van der Waals surface area contributed by atoms with Crippen LogP contribution in [0.4, 0.5) is 0 Å². The zero-order valence-corrected chi connectivity index (χ0v) is 15.7. The summed E-state index contributed by atoms with van der Waals surface area (Å²) in [6, 6.07) is 1.81. The number of hydrogen-bond donors (Lipinski definition) is 1. The van der Waals surface area contributed by atoms with Crippen molar-refractivity contribution in [1.82, 2.24) is 14.5 Å². The topological polar surface area (TPSA) is 52.7 Å². The first kappa shape index (κ1) is 17.4. The fraction of sp³-hybridized carbons (Fsp3) is 0.750. The van der Waals surface area contributed by atoms with Crippen LogP contribution in [0, 0.1) is 19.8 Å². The molecule has 2 aliphatic rings. The van der Waals surface area contributed by atoms with E-state index in [1.807, 2.05) is 19.9 Å². The van der Waals surface area contributed by atoms with Crippen LogP contribution >= 0.6 is 11.3 Å². The molecule has 1 unspecified atom stereocenters. The van der Waals surface area contributed by atoms with Crippen molar-refractivity contribution >= 4 is 21.4 Å². The van der Waals surface area contributed by atoms with Crippen LogP contribution in [0.25, 0.3) is 0 Å². The minimum Gasteiger partial charge on any atom is -0.316 e. The van der Waals surface area contributed by atoms with E-state index >= 15 is 0 Å². The Balaban J connectivity index is 1.58. The van der Waals surface area contributed by atoms with Gasteiger partial charge in [0.25, 0.3) is 0 Å². The van der Waals surface area contributed by atoms with Crippen LogP contribution in [-0.4, -0.2) is 63.4 Å². The predicted molar refractivity (Wildman–Crippen MR) is 94.6 cm³/mol. The van der Waals surface area contributed by atoms with Gasteiger partial charge in [0, 0.05) is 42.5 Å². The Hall–Kier alpha value is -0.470. The third-order valence-corrected chi connectivity index (χ3v) is 7.98. The van der Waals surface area contributed by atoms with Crippen LogP contribution in [0.15, 0.2) is 11.0 Å². The standard InChI is InChI=1S/C16H27N3O2S2/c1-13-10-16(14(2)22-13)23(20,21)19-8-6-18(7-9-19)12-15-4-3-5-17-11-15/h10,15,17H,3-9,11-12H2,1-2H3. The average Bonchev–Trinajstić information content (AvgIpc) is 2.88. The summed E-state index contributed by atoms with van der Waals surface area (Å²) in [6.07, 6.45) is 2.55. The number of rotatable bonds is 4. The van der Waals surface area contributed by atoms with Crippen molar-refractivity contribution in [2.75, 3.05) is 45.8 Å². The van der Waals surface area contributed by atoms with E-state index in [-0.39, 0.29) is 0 Å². The number of aryl methyl sites for hydroxylation is 2. The van der Waals surface area contributed by atoms with E-state index in [9.17, 15) is 8.42 Å². The SMILES string of the molecule is Cc1cc(S(=O)(=O)N2CCN(CC3CCCNC3)CC2)c(C)s1. The highest BCUT2D eigenvalue weighted by Crippen LogP contribution is 2.28. The average molecular weight is 358 g/mol.